The van der Waals surface area contributed by atoms with Crippen LogP contribution in [-0.2, 0) is 4.79 Å². The minimum atomic E-state index is -1.16. The van der Waals surface area contributed by atoms with E-state index in [0.29, 0.717) is 0 Å². The highest BCUT2D eigenvalue weighted by molar-refractivity contribution is 5.96. The first-order chi connectivity index (χ1) is 8.04. The van der Waals surface area contributed by atoms with Gasteiger partial charge in [0.2, 0.25) is 0 Å². The molecule has 0 saturated carbocycles. The third kappa shape index (κ3) is 3.60. The van der Waals surface area contributed by atoms with Crippen molar-refractivity contribution < 1.29 is 19.1 Å². The second kappa shape index (κ2) is 5.64. The van der Waals surface area contributed by atoms with Crippen molar-refractivity contribution in [1.29, 1.82) is 0 Å². The van der Waals surface area contributed by atoms with Crippen molar-refractivity contribution in [2.24, 2.45) is 0 Å². The molecule has 0 aliphatic carbocycles. The average molecular weight is 237 g/mol. The second-order valence-corrected chi connectivity index (χ2v) is 3.23. The molecule has 0 fully saturated rings. The van der Waals surface area contributed by atoms with Gasteiger partial charge in [0.25, 0.3) is 5.91 Å². The fraction of sp³-hybridized carbons (Fsp3) is 0.182. The highest BCUT2D eigenvalue weighted by Gasteiger charge is 2.19. The van der Waals surface area contributed by atoms with Crippen LogP contribution in [0.2, 0.25) is 0 Å². The van der Waals surface area contributed by atoms with E-state index in [4.69, 9.17) is 5.11 Å². The number of aliphatic carboxylic acids is 1. The quantitative estimate of drug-likeness (QED) is 0.722. The van der Waals surface area contributed by atoms with Gasteiger partial charge in [0.05, 0.1) is 5.56 Å². The van der Waals surface area contributed by atoms with Gasteiger partial charge in [0.1, 0.15) is 12.3 Å². The van der Waals surface area contributed by atoms with Gasteiger partial charge in [-0.05, 0) is 12.5 Å². The molecule has 1 rings (SSSR count). The molecular formula is C11H11NO5. The Morgan fingerprint density at radius 3 is 2.71 bits per heavy atom. The zero-order chi connectivity index (χ0) is 12.8. The van der Waals surface area contributed by atoms with Crippen molar-refractivity contribution in [3.8, 4) is 0 Å². The number of carbonyl (C=O) groups excluding carboxylic acids is 1. The first-order valence-corrected chi connectivity index (χ1v) is 4.78. The van der Waals surface area contributed by atoms with Gasteiger partial charge in [0.15, 0.2) is 0 Å². The third-order valence-corrected chi connectivity index (χ3v) is 1.97. The molecule has 1 amide bonds. The van der Waals surface area contributed by atoms with E-state index in [1.807, 2.05) is 0 Å². The highest BCUT2D eigenvalue weighted by atomic mass is 16.4. The van der Waals surface area contributed by atoms with Gasteiger partial charge in [-0.1, -0.05) is 6.08 Å². The summed E-state index contributed by atoms with van der Waals surface area (Å²) in [4.78, 5) is 33.0. The summed E-state index contributed by atoms with van der Waals surface area (Å²) in [5.41, 5.74) is -0.498. The van der Waals surface area contributed by atoms with E-state index in [1.165, 1.54) is 12.1 Å². The predicted molar refractivity (Wildman–Crippen MR) is 58.7 cm³/mol. The van der Waals surface area contributed by atoms with Crippen LogP contribution in [0.25, 0.3) is 0 Å². The zero-order valence-electron chi connectivity index (χ0n) is 8.88. The molecule has 6 nitrogen and oxygen atoms in total. The van der Waals surface area contributed by atoms with Crippen LogP contribution in [-0.4, -0.2) is 23.0 Å². The number of carboxylic acid groups (broad SMARTS) is 1. The second-order valence-electron chi connectivity index (χ2n) is 3.23. The van der Waals surface area contributed by atoms with E-state index >= 15 is 0 Å². The summed E-state index contributed by atoms with van der Waals surface area (Å²) in [5.74, 6) is -1.78. The number of hydrogen-bond acceptors (Lipinski definition) is 4. The lowest BCUT2D eigenvalue weighted by atomic mass is 10.2. The number of carbonyl (C=O) groups is 2. The molecule has 0 bridgehead atoms. The molecule has 1 unspecified atom stereocenters. The Morgan fingerprint density at radius 1 is 1.53 bits per heavy atom. The van der Waals surface area contributed by atoms with E-state index in [1.54, 1.807) is 0 Å². The smallest absolute Gasteiger partial charge is 0.335 e. The van der Waals surface area contributed by atoms with Crippen LogP contribution in [0.1, 0.15) is 16.8 Å². The molecule has 6 heteroatoms. The van der Waals surface area contributed by atoms with Crippen molar-refractivity contribution in [2.45, 2.75) is 12.5 Å². The van der Waals surface area contributed by atoms with Gasteiger partial charge in [-0.15, -0.1) is 6.58 Å². The first kappa shape index (κ1) is 12.7. The number of carboxylic acids is 1. The topological polar surface area (TPSA) is 96.6 Å². The molecule has 1 aromatic heterocycles. The summed E-state index contributed by atoms with van der Waals surface area (Å²) < 4.78 is 4.50. The van der Waals surface area contributed by atoms with E-state index in [2.05, 4.69) is 16.3 Å². The maximum absolute atomic E-state index is 11.6. The molecule has 1 aromatic rings. The van der Waals surface area contributed by atoms with Crippen LogP contribution in [0.5, 0.6) is 0 Å². The summed E-state index contributed by atoms with van der Waals surface area (Å²) in [6, 6.07) is 1.29. The molecule has 1 atom stereocenters. The Bertz CT molecular complexity index is 470. The summed E-state index contributed by atoms with van der Waals surface area (Å²) in [6.07, 6.45) is 2.48. The Labute approximate surface area is 96.6 Å². The molecule has 2 N–H and O–H groups in total. The standard InChI is InChI=1S/C11H11NO5/c1-2-3-8(11(15)16)12-10(14)7-4-5-9(13)17-6-7/h2,4-6,8H,1,3H2,(H,12,14)(H,15,16). The molecule has 0 aliphatic heterocycles. The Kier molecular flexibility index (Phi) is 4.21. The van der Waals surface area contributed by atoms with Gasteiger partial charge in [-0.3, -0.25) is 4.79 Å². The molecular weight excluding hydrogens is 226 g/mol. The maximum atomic E-state index is 11.6. The van der Waals surface area contributed by atoms with Gasteiger partial charge in [-0.25, -0.2) is 9.59 Å². The van der Waals surface area contributed by atoms with Gasteiger partial charge in [-0.2, -0.15) is 0 Å². The van der Waals surface area contributed by atoms with Gasteiger partial charge < -0.3 is 14.8 Å². The molecule has 90 valence electrons. The van der Waals surface area contributed by atoms with Crippen molar-refractivity contribution in [3.63, 3.8) is 0 Å². The molecule has 0 aliphatic rings. The number of nitrogens with one attached hydrogen (secondary N) is 1. The average Bonchev–Trinajstić information content (AvgIpc) is 2.29. The fourth-order valence-electron chi connectivity index (χ4n) is 1.12. The molecule has 0 radical (unpaired) electrons. The molecule has 1 heterocycles. The van der Waals surface area contributed by atoms with Crippen LogP contribution in [0.3, 0.4) is 0 Å². The minimum Gasteiger partial charge on any atom is -0.480 e. The maximum Gasteiger partial charge on any atom is 0.335 e. The van der Waals surface area contributed by atoms with E-state index in [-0.39, 0.29) is 12.0 Å². The van der Waals surface area contributed by atoms with Crippen molar-refractivity contribution >= 4 is 11.9 Å². The monoisotopic (exact) mass is 237 g/mol. The van der Waals surface area contributed by atoms with E-state index < -0.39 is 23.5 Å². The van der Waals surface area contributed by atoms with Crippen molar-refractivity contribution in [3.05, 3.63) is 47.0 Å². The van der Waals surface area contributed by atoms with Crippen LogP contribution < -0.4 is 10.9 Å². The van der Waals surface area contributed by atoms with E-state index in [0.717, 1.165) is 12.3 Å². The molecule has 0 saturated heterocycles. The summed E-state index contributed by atoms with van der Waals surface area (Å²) >= 11 is 0. The molecule has 17 heavy (non-hydrogen) atoms. The lowest BCUT2D eigenvalue weighted by Gasteiger charge is -2.11. The van der Waals surface area contributed by atoms with Crippen LogP contribution >= 0.6 is 0 Å². The number of rotatable bonds is 5. The van der Waals surface area contributed by atoms with Crippen molar-refractivity contribution in [2.75, 3.05) is 0 Å². The Morgan fingerprint density at radius 2 is 2.24 bits per heavy atom. The normalized spacial score (nSPS) is 11.5. The van der Waals surface area contributed by atoms with Gasteiger partial charge in [0, 0.05) is 6.07 Å². The SMILES string of the molecule is C=CCC(NC(=O)c1ccc(=O)oc1)C(=O)O. The van der Waals surface area contributed by atoms with E-state index in [9.17, 15) is 14.4 Å². The Hall–Kier alpha value is -2.37. The molecule has 0 aromatic carbocycles. The molecule has 0 spiro atoms. The summed E-state index contributed by atoms with van der Waals surface area (Å²) in [7, 11) is 0. The fourth-order valence-corrected chi connectivity index (χ4v) is 1.12. The lowest BCUT2D eigenvalue weighted by Crippen LogP contribution is -2.40. The van der Waals surface area contributed by atoms with Crippen LogP contribution in [0.15, 0.2) is 40.3 Å². The largest absolute Gasteiger partial charge is 0.480 e. The van der Waals surface area contributed by atoms with Crippen molar-refractivity contribution in [1.82, 2.24) is 5.32 Å². The first-order valence-electron chi connectivity index (χ1n) is 4.78. The number of amides is 1. The number of hydrogen-bond donors (Lipinski definition) is 2. The highest BCUT2D eigenvalue weighted by Crippen LogP contribution is 1.99. The predicted octanol–water partition coefficient (Wildman–Crippen LogP) is 0.399. The minimum absolute atomic E-state index is 0.0833. The summed E-state index contributed by atoms with van der Waals surface area (Å²) in [5, 5.41) is 11.1. The van der Waals surface area contributed by atoms with Crippen LogP contribution in [0, 0.1) is 0 Å². The van der Waals surface area contributed by atoms with Gasteiger partial charge >= 0.3 is 11.6 Å². The summed E-state index contributed by atoms with van der Waals surface area (Å²) in [6.45, 7) is 3.40. The zero-order valence-corrected chi connectivity index (χ0v) is 8.88. The Balaban J connectivity index is 2.76. The lowest BCUT2D eigenvalue weighted by molar-refractivity contribution is -0.139. The third-order valence-electron chi connectivity index (χ3n) is 1.97. The van der Waals surface area contributed by atoms with Crippen LogP contribution in [0.4, 0.5) is 0 Å².